The Morgan fingerprint density at radius 3 is 3.15 bits per heavy atom. The van der Waals surface area contributed by atoms with Crippen LogP contribution >= 0.6 is 11.8 Å². The lowest BCUT2D eigenvalue weighted by Crippen LogP contribution is -2.14. The van der Waals surface area contributed by atoms with Gasteiger partial charge in [0, 0.05) is 5.56 Å². The zero-order chi connectivity index (χ0) is 9.26. The molecule has 0 unspecified atom stereocenters. The lowest BCUT2D eigenvalue weighted by Gasteiger charge is -2.00. The van der Waals surface area contributed by atoms with E-state index in [-0.39, 0.29) is 5.56 Å². The summed E-state index contributed by atoms with van der Waals surface area (Å²) in [5.74, 6) is 0.946. The van der Waals surface area contributed by atoms with Crippen molar-refractivity contribution < 1.29 is 0 Å². The topological polar surface area (TPSA) is 45.8 Å². The number of nitrogens with zero attached hydrogens (tertiary/aromatic N) is 1. The first-order chi connectivity index (χ1) is 6.31. The number of fused-ring (bicyclic) bond motifs is 1. The summed E-state index contributed by atoms with van der Waals surface area (Å²) in [6.45, 7) is 2.05. The molecule has 4 heteroatoms. The van der Waals surface area contributed by atoms with Gasteiger partial charge in [-0.2, -0.15) is 0 Å². The Balaban J connectivity index is 2.44. The Bertz CT molecular complexity index is 372. The molecule has 1 N–H and O–H groups in total. The molecule has 0 amide bonds. The van der Waals surface area contributed by atoms with Gasteiger partial charge in [0.1, 0.15) is 0 Å². The summed E-state index contributed by atoms with van der Waals surface area (Å²) < 4.78 is 0. The summed E-state index contributed by atoms with van der Waals surface area (Å²) in [6.07, 6.45) is 2.94. The van der Waals surface area contributed by atoms with E-state index in [0.717, 1.165) is 41.4 Å². The van der Waals surface area contributed by atoms with E-state index < -0.39 is 0 Å². The normalized spacial score (nSPS) is 14.5. The summed E-state index contributed by atoms with van der Waals surface area (Å²) >= 11 is 1.59. The van der Waals surface area contributed by atoms with Crippen molar-refractivity contribution in [3.63, 3.8) is 0 Å². The van der Waals surface area contributed by atoms with Crippen molar-refractivity contribution in [2.24, 2.45) is 0 Å². The van der Waals surface area contributed by atoms with Crippen molar-refractivity contribution in [1.82, 2.24) is 9.97 Å². The number of aryl methyl sites for hydroxylation is 1. The highest BCUT2D eigenvalue weighted by molar-refractivity contribution is 7.99. The van der Waals surface area contributed by atoms with Crippen LogP contribution in [-0.2, 0) is 12.8 Å². The fourth-order valence-corrected chi connectivity index (χ4v) is 2.24. The Kier molecular flexibility index (Phi) is 2.40. The third-order valence-electron chi connectivity index (χ3n) is 2.20. The van der Waals surface area contributed by atoms with Crippen LogP contribution in [0.15, 0.2) is 9.95 Å². The van der Waals surface area contributed by atoms with Crippen molar-refractivity contribution in [1.29, 1.82) is 0 Å². The van der Waals surface area contributed by atoms with Gasteiger partial charge in [0.05, 0.1) is 5.69 Å². The third-order valence-corrected chi connectivity index (χ3v) is 2.96. The van der Waals surface area contributed by atoms with Gasteiger partial charge in [-0.1, -0.05) is 18.7 Å². The molecule has 0 aliphatic heterocycles. The van der Waals surface area contributed by atoms with E-state index in [1.165, 1.54) is 0 Å². The summed E-state index contributed by atoms with van der Waals surface area (Å²) in [6, 6.07) is 0. The first-order valence-corrected chi connectivity index (χ1v) is 5.54. The van der Waals surface area contributed by atoms with Crippen LogP contribution in [0.25, 0.3) is 0 Å². The molecular weight excluding hydrogens is 184 g/mol. The smallest absolute Gasteiger partial charge is 0.254 e. The van der Waals surface area contributed by atoms with Crippen LogP contribution in [0.3, 0.4) is 0 Å². The highest BCUT2D eigenvalue weighted by Gasteiger charge is 2.16. The molecular formula is C9H12N2OS. The molecule has 1 aromatic rings. The minimum absolute atomic E-state index is 0.0680. The van der Waals surface area contributed by atoms with Crippen LogP contribution in [0.2, 0.25) is 0 Å². The van der Waals surface area contributed by atoms with Crippen LogP contribution in [-0.4, -0.2) is 15.7 Å². The summed E-state index contributed by atoms with van der Waals surface area (Å²) in [5, 5.41) is 0.771. The monoisotopic (exact) mass is 196 g/mol. The number of hydrogen-bond acceptors (Lipinski definition) is 3. The molecule has 13 heavy (non-hydrogen) atoms. The Morgan fingerprint density at radius 1 is 1.54 bits per heavy atom. The maximum absolute atomic E-state index is 11.5. The zero-order valence-corrected chi connectivity index (χ0v) is 8.41. The van der Waals surface area contributed by atoms with E-state index in [4.69, 9.17) is 0 Å². The molecule has 70 valence electrons. The lowest BCUT2D eigenvalue weighted by atomic mass is 10.3. The SMILES string of the molecule is CCSc1nc2c(c(=O)[nH]1)CCC2. The second kappa shape index (κ2) is 3.54. The van der Waals surface area contributed by atoms with Gasteiger partial charge in [0.25, 0.3) is 5.56 Å². The average Bonchev–Trinajstić information content (AvgIpc) is 2.53. The molecule has 1 aliphatic rings. The number of aromatic nitrogens is 2. The molecule has 0 fully saturated rings. The molecule has 0 radical (unpaired) electrons. The van der Waals surface area contributed by atoms with Gasteiger partial charge in [-0.05, 0) is 25.0 Å². The van der Waals surface area contributed by atoms with E-state index >= 15 is 0 Å². The molecule has 1 aliphatic carbocycles. The van der Waals surface area contributed by atoms with Crippen molar-refractivity contribution in [3.05, 3.63) is 21.6 Å². The highest BCUT2D eigenvalue weighted by Crippen LogP contribution is 2.18. The number of nitrogens with one attached hydrogen (secondary N) is 1. The molecule has 1 aromatic heterocycles. The molecule has 0 saturated carbocycles. The number of aromatic amines is 1. The van der Waals surface area contributed by atoms with Gasteiger partial charge in [-0.25, -0.2) is 4.98 Å². The Labute approximate surface area is 81.0 Å². The van der Waals surface area contributed by atoms with Crippen molar-refractivity contribution >= 4 is 11.8 Å². The van der Waals surface area contributed by atoms with E-state index in [1.54, 1.807) is 11.8 Å². The third kappa shape index (κ3) is 1.63. The van der Waals surface area contributed by atoms with E-state index in [0.29, 0.717) is 0 Å². The number of thioether (sulfide) groups is 1. The summed E-state index contributed by atoms with van der Waals surface area (Å²) in [4.78, 5) is 18.7. The predicted molar refractivity (Wildman–Crippen MR) is 53.3 cm³/mol. The second-order valence-corrected chi connectivity index (χ2v) is 4.34. The fourth-order valence-electron chi connectivity index (χ4n) is 1.62. The quantitative estimate of drug-likeness (QED) is 0.574. The van der Waals surface area contributed by atoms with E-state index in [1.807, 2.05) is 0 Å². The highest BCUT2D eigenvalue weighted by atomic mass is 32.2. The predicted octanol–water partition coefficient (Wildman–Crippen LogP) is 1.37. The van der Waals surface area contributed by atoms with Crippen LogP contribution in [0.5, 0.6) is 0 Å². The minimum Gasteiger partial charge on any atom is -0.301 e. The van der Waals surface area contributed by atoms with Crippen molar-refractivity contribution in [2.75, 3.05) is 5.75 Å². The Morgan fingerprint density at radius 2 is 2.38 bits per heavy atom. The first kappa shape index (κ1) is 8.81. The van der Waals surface area contributed by atoms with Gasteiger partial charge < -0.3 is 4.98 Å². The maximum atomic E-state index is 11.5. The maximum Gasteiger partial charge on any atom is 0.254 e. The Hall–Kier alpha value is -0.770. The van der Waals surface area contributed by atoms with Crippen LogP contribution in [0.4, 0.5) is 0 Å². The van der Waals surface area contributed by atoms with Gasteiger partial charge >= 0.3 is 0 Å². The van der Waals surface area contributed by atoms with E-state index in [9.17, 15) is 4.79 Å². The molecule has 0 atom stereocenters. The largest absolute Gasteiger partial charge is 0.301 e. The summed E-state index contributed by atoms with van der Waals surface area (Å²) in [7, 11) is 0. The number of hydrogen-bond donors (Lipinski definition) is 1. The van der Waals surface area contributed by atoms with Crippen LogP contribution < -0.4 is 5.56 Å². The summed E-state index contributed by atoms with van der Waals surface area (Å²) in [5.41, 5.74) is 1.98. The number of rotatable bonds is 2. The minimum atomic E-state index is 0.0680. The van der Waals surface area contributed by atoms with E-state index in [2.05, 4.69) is 16.9 Å². The zero-order valence-electron chi connectivity index (χ0n) is 7.59. The van der Waals surface area contributed by atoms with Gasteiger partial charge in [0.15, 0.2) is 5.16 Å². The lowest BCUT2D eigenvalue weighted by molar-refractivity contribution is 0.870. The fraction of sp³-hybridized carbons (Fsp3) is 0.556. The van der Waals surface area contributed by atoms with Gasteiger partial charge in [0.2, 0.25) is 0 Å². The van der Waals surface area contributed by atoms with Gasteiger partial charge in [-0.3, -0.25) is 4.79 Å². The average molecular weight is 196 g/mol. The van der Waals surface area contributed by atoms with Crippen molar-refractivity contribution in [3.8, 4) is 0 Å². The molecule has 3 nitrogen and oxygen atoms in total. The molecule has 0 saturated heterocycles. The standard InChI is InChI=1S/C9H12N2OS/c1-2-13-9-10-7-5-3-4-6(7)8(12)11-9/h2-5H2,1H3,(H,10,11,12). The molecule has 1 heterocycles. The van der Waals surface area contributed by atoms with Crippen LogP contribution in [0.1, 0.15) is 24.6 Å². The molecule has 0 bridgehead atoms. The number of H-pyrrole nitrogens is 1. The van der Waals surface area contributed by atoms with Gasteiger partial charge in [-0.15, -0.1) is 0 Å². The first-order valence-electron chi connectivity index (χ1n) is 4.56. The molecule has 2 rings (SSSR count). The molecule has 0 aromatic carbocycles. The molecule has 0 spiro atoms. The van der Waals surface area contributed by atoms with Crippen molar-refractivity contribution in [2.45, 2.75) is 31.3 Å². The second-order valence-electron chi connectivity index (χ2n) is 3.08. The van der Waals surface area contributed by atoms with Crippen LogP contribution in [0, 0.1) is 0 Å².